The van der Waals surface area contributed by atoms with Gasteiger partial charge in [-0.1, -0.05) is 29.8 Å². The van der Waals surface area contributed by atoms with Gasteiger partial charge >= 0.3 is 0 Å². The molecule has 2 aliphatic carbocycles. The zero-order valence-corrected chi connectivity index (χ0v) is 20.9. The summed E-state index contributed by atoms with van der Waals surface area (Å²) in [4.78, 5) is 51.8. The highest BCUT2D eigenvalue weighted by Crippen LogP contribution is 2.65. The highest BCUT2D eigenvalue weighted by Gasteiger charge is 2.76. The van der Waals surface area contributed by atoms with E-state index in [1.165, 1.54) is 11.9 Å². The number of likely N-dealkylation sites (tertiary alicyclic amines) is 2. The molecule has 0 bridgehead atoms. The standard InChI is InChI=1S/C25H26Cl2N2O6/c1-3-29-20(31)15-9-8-13-16(18(15)21(29)32)12-24(26)22(33)28(2)23(34)25(24,27)19(13)14-6-4-5-7-17(14)35-11-10-30/h4-8,15-16,18-19,30H,3,9-12H2,1-2H3. The van der Waals surface area contributed by atoms with Crippen LogP contribution in [0.5, 0.6) is 5.75 Å². The Labute approximate surface area is 212 Å². The third kappa shape index (κ3) is 3.02. The van der Waals surface area contributed by atoms with E-state index in [2.05, 4.69) is 0 Å². The minimum Gasteiger partial charge on any atom is -0.491 e. The van der Waals surface area contributed by atoms with Crippen molar-refractivity contribution >= 4 is 46.8 Å². The minimum atomic E-state index is -1.86. The number of carbonyl (C=O) groups is 4. The Bertz CT molecular complexity index is 1170. The molecule has 5 rings (SSSR count). The summed E-state index contributed by atoms with van der Waals surface area (Å²) in [5.41, 5.74) is 1.25. The second-order valence-corrected chi connectivity index (χ2v) is 10.8. The fraction of sp³-hybridized carbons (Fsp3) is 0.520. The molecule has 1 saturated carbocycles. The average Bonchev–Trinajstić information content (AvgIpc) is 3.17. The van der Waals surface area contributed by atoms with Gasteiger partial charge in [-0.15, -0.1) is 23.2 Å². The maximum absolute atomic E-state index is 13.6. The molecule has 2 heterocycles. The molecule has 10 heteroatoms. The predicted molar refractivity (Wildman–Crippen MR) is 127 cm³/mol. The highest BCUT2D eigenvalue weighted by molar-refractivity contribution is 6.53. The molecular formula is C25H26Cl2N2O6. The van der Waals surface area contributed by atoms with Crippen molar-refractivity contribution in [3.63, 3.8) is 0 Å². The van der Waals surface area contributed by atoms with Crippen LogP contribution < -0.4 is 4.74 Å². The third-order valence-corrected chi connectivity index (χ3v) is 9.41. The summed E-state index contributed by atoms with van der Waals surface area (Å²) in [7, 11) is 1.35. The number of rotatable bonds is 5. The summed E-state index contributed by atoms with van der Waals surface area (Å²) >= 11 is 14.3. The highest BCUT2D eigenvalue weighted by atomic mass is 35.5. The van der Waals surface area contributed by atoms with Crippen LogP contribution >= 0.6 is 23.2 Å². The predicted octanol–water partition coefficient (Wildman–Crippen LogP) is 2.07. The molecular weight excluding hydrogens is 495 g/mol. The van der Waals surface area contributed by atoms with Crippen LogP contribution in [0.4, 0.5) is 0 Å². The molecule has 35 heavy (non-hydrogen) atoms. The lowest BCUT2D eigenvalue weighted by Crippen LogP contribution is -2.60. The van der Waals surface area contributed by atoms with Crippen LogP contribution in [0.3, 0.4) is 0 Å². The summed E-state index contributed by atoms with van der Waals surface area (Å²) in [5, 5.41) is 9.31. The molecule has 1 aromatic rings. The van der Waals surface area contributed by atoms with E-state index in [0.717, 1.165) is 4.90 Å². The molecule has 6 unspecified atom stereocenters. The summed E-state index contributed by atoms with van der Waals surface area (Å²) in [6.45, 7) is 1.81. The van der Waals surface area contributed by atoms with Gasteiger partial charge in [-0.2, -0.15) is 0 Å². The van der Waals surface area contributed by atoms with Crippen molar-refractivity contribution in [1.82, 2.24) is 9.80 Å². The van der Waals surface area contributed by atoms with Crippen LogP contribution in [0, 0.1) is 17.8 Å². The second-order valence-electron chi connectivity index (χ2n) is 9.53. The molecule has 1 N–H and O–H groups in total. The van der Waals surface area contributed by atoms with Gasteiger partial charge in [0.1, 0.15) is 12.4 Å². The third-order valence-electron chi connectivity index (χ3n) is 8.00. The fourth-order valence-corrected chi connectivity index (χ4v) is 7.48. The Hall–Kier alpha value is -2.42. The van der Waals surface area contributed by atoms with Crippen LogP contribution in [0.15, 0.2) is 35.9 Å². The van der Waals surface area contributed by atoms with E-state index in [1.54, 1.807) is 31.2 Å². The van der Waals surface area contributed by atoms with Crippen molar-refractivity contribution in [2.45, 2.75) is 35.4 Å². The fourth-order valence-electron chi connectivity index (χ4n) is 6.47. The first kappa shape index (κ1) is 24.3. The number of benzene rings is 1. The van der Waals surface area contributed by atoms with E-state index < -0.39 is 45.2 Å². The molecule has 4 amide bonds. The molecule has 8 nitrogen and oxygen atoms in total. The SMILES string of the molecule is CCN1C(=O)C2CC=C3C(CC4(Cl)C(=O)N(C)C(=O)C4(Cl)C3c3ccccc3OCCO)C2C1=O. The number of carbonyl (C=O) groups excluding carboxylic acids is 4. The van der Waals surface area contributed by atoms with Gasteiger partial charge in [0.25, 0.3) is 11.8 Å². The van der Waals surface area contributed by atoms with Gasteiger partial charge < -0.3 is 9.84 Å². The summed E-state index contributed by atoms with van der Waals surface area (Å²) in [6, 6.07) is 6.97. The Balaban J connectivity index is 1.73. The van der Waals surface area contributed by atoms with Crippen molar-refractivity contribution in [3.8, 4) is 5.75 Å². The first-order chi connectivity index (χ1) is 16.6. The van der Waals surface area contributed by atoms with Crippen molar-refractivity contribution in [2.24, 2.45) is 17.8 Å². The van der Waals surface area contributed by atoms with Gasteiger partial charge in [0, 0.05) is 25.1 Å². The normalized spacial score (nSPS) is 36.2. The van der Waals surface area contributed by atoms with Gasteiger partial charge in [0.2, 0.25) is 11.8 Å². The molecule has 3 fully saturated rings. The largest absolute Gasteiger partial charge is 0.491 e. The molecule has 2 aliphatic heterocycles. The van der Waals surface area contributed by atoms with E-state index in [1.807, 2.05) is 6.08 Å². The zero-order chi connectivity index (χ0) is 25.3. The number of amides is 4. The van der Waals surface area contributed by atoms with Gasteiger partial charge in [0.15, 0.2) is 9.75 Å². The van der Waals surface area contributed by atoms with Gasteiger partial charge in [-0.25, -0.2) is 0 Å². The van der Waals surface area contributed by atoms with E-state index >= 15 is 0 Å². The molecule has 0 aromatic heterocycles. The van der Waals surface area contributed by atoms with Crippen LogP contribution in [0.2, 0.25) is 0 Å². The molecule has 186 valence electrons. The van der Waals surface area contributed by atoms with Crippen LogP contribution in [0.1, 0.15) is 31.2 Å². The number of nitrogens with zero attached hydrogens (tertiary/aromatic N) is 2. The number of hydrogen-bond donors (Lipinski definition) is 1. The number of aliphatic hydroxyl groups excluding tert-OH is 1. The Kier molecular flexibility index (Phi) is 5.77. The topological polar surface area (TPSA) is 104 Å². The van der Waals surface area contributed by atoms with Crippen LogP contribution in [-0.4, -0.2) is 75.1 Å². The van der Waals surface area contributed by atoms with Gasteiger partial charge in [-0.05, 0) is 31.7 Å². The number of para-hydroxylation sites is 1. The Morgan fingerprint density at radius 1 is 1.09 bits per heavy atom. The monoisotopic (exact) mass is 520 g/mol. The Morgan fingerprint density at radius 2 is 1.80 bits per heavy atom. The minimum absolute atomic E-state index is 0.0173. The van der Waals surface area contributed by atoms with Gasteiger partial charge in [-0.3, -0.25) is 29.0 Å². The maximum Gasteiger partial charge on any atom is 0.253 e. The van der Waals surface area contributed by atoms with Crippen molar-refractivity contribution in [3.05, 3.63) is 41.5 Å². The van der Waals surface area contributed by atoms with Crippen LogP contribution in [-0.2, 0) is 19.2 Å². The molecule has 1 aromatic carbocycles. The van der Waals surface area contributed by atoms with Crippen molar-refractivity contribution in [2.75, 3.05) is 26.8 Å². The number of aliphatic hydroxyl groups is 1. The van der Waals surface area contributed by atoms with E-state index in [-0.39, 0.29) is 38.0 Å². The first-order valence-corrected chi connectivity index (χ1v) is 12.5. The lowest BCUT2D eigenvalue weighted by atomic mass is 9.56. The van der Waals surface area contributed by atoms with Gasteiger partial charge in [0.05, 0.1) is 18.4 Å². The number of fused-ring (bicyclic) bond motifs is 4. The number of halogens is 2. The molecule has 0 radical (unpaired) electrons. The van der Waals surface area contributed by atoms with E-state index in [9.17, 15) is 24.3 Å². The summed E-state index contributed by atoms with van der Waals surface area (Å²) in [6.07, 6.45) is 2.18. The summed E-state index contributed by atoms with van der Waals surface area (Å²) in [5.74, 6) is -4.00. The number of alkyl halides is 2. The number of ether oxygens (including phenoxy) is 1. The average molecular weight is 521 g/mol. The van der Waals surface area contributed by atoms with E-state index in [4.69, 9.17) is 27.9 Å². The number of hydrogen-bond acceptors (Lipinski definition) is 6. The van der Waals surface area contributed by atoms with E-state index in [0.29, 0.717) is 23.3 Å². The van der Waals surface area contributed by atoms with Crippen molar-refractivity contribution < 1.29 is 29.0 Å². The smallest absolute Gasteiger partial charge is 0.253 e. The lowest BCUT2D eigenvalue weighted by molar-refractivity contribution is -0.141. The number of imide groups is 2. The Morgan fingerprint density at radius 3 is 2.49 bits per heavy atom. The lowest BCUT2D eigenvalue weighted by Gasteiger charge is -2.51. The van der Waals surface area contributed by atoms with Crippen LogP contribution in [0.25, 0.3) is 0 Å². The summed E-state index contributed by atoms with van der Waals surface area (Å²) < 4.78 is 5.78. The second kappa shape index (κ2) is 8.32. The molecule has 0 spiro atoms. The molecule has 2 saturated heterocycles. The quantitative estimate of drug-likeness (QED) is 0.362. The number of allylic oxidation sites excluding steroid dienone is 2. The molecule has 4 aliphatic rings. The maximum atomic E-state index is 13.6. The van der Waals surface area contributed by atoms with Crippen molar-refractivity contribution in [1.29, 1.82) is 0 Å². The zero-order valence-electron chi connectivity index (χ0n) is 19.4. The molecule has 6 atom stereocenters. The first-order valence-electron chi connectivity index (χ1n) is 11.7.